The van der Waals surface area contributed by atoms with Crippen LogP contribution < -0.4 is 32.3 Å². The molecule has 6 saturated heterocycles. The SMILES string of the molecule is C=CCN(C(=O)c1ccccc1)c1ncnc2c1ncn2C1O[C@@H]2COC[P@](=O)(SCc3ccccc3[N+](=O)[O-])O[C@@H]3[C@@H](CCO[P@](=O)(SCc4ccccc4[N+](=O)[O-])O[C@H]2[C@H]1F)OC(n1cnc2c(N(CC=C)C(=O)c4ccccc4)ncnc21)[C@@H]3F.O=P1([S-])COC[C@H]2OC3[C@H](F)[C@@H]2OP([O-])(=S)OCC[C@H]2OC([C@H](F)[C@@H]2O1)n1cnc2c(ncnc21)CC/C=C/CNc1ncnc2c1ncn23.S.S.S.S.[NH4+].[NH4+]. The zero-order valence-corrected chi connectivity index (χ0v) is 86.8. The zero-order valence-electron chi connectivity index (χ0n) is 75.9. The molecule has 0 spiro atoms. The first-order chi connectivity index (χ1) is 66.7. The van der Waals surface area contributed by atoms with Gasteiger partial charge in [0.15, 0.2) is 106 Å². The second-order valence-electron chi connectivity index (χ2n) is 31.8. The first-order valence-corrected chi connectivity index (χ1v) is 54.5. The Kier molecular flexibility index (Phi) is 38.8. The van der Waals surface area contributed by atoms with E-state index >= 15 is 26.7 Å². The molecule has 61 heteroatoms. The number of hydrogen-bond donors (Lipinski definition) is 3. The van der Waals surface area contributed by atoms with Crippen LogP contribution in [0.3, 0.4) is 0 Å². The van der Waals surface area contributed by atoms with E-state index < -0.39 is 186 Å². The van der Waals surface area contributed by atoms with Gasteiger partial charge in [-0.1, -0.05) is 120 Å². The molecule has 0 saturated carbocycles. The van der Waals surface area contributed by atoms with Crippen molar-refractivity contribution >= 4 is 213 Å². The van der Waals surface area contributed by atoms with Crippen molar-refractivity contribution in [3.8, 4) is 0 Å². The number of nitrogens with zero attached hydrogens (tertiary/aromatic N) is 20. The molecular weight excluding hydrogens is 2130 g/mol. The standard InChI is InChI=1S/C56H52F2N12O14P2S2.C27H31F2N9O8P2S2.2H3N.4H2S/c1-3-24-65(53(71)35-15-7-5-8-16-35)49-45-51(61-30-59-49)67(32-63-45)55-43(57)47-41(81-55)23-26-80-86(78,88-29-38-20-12-14-22-40(38)70(75)76)84-48-42(27-79-34-85(77,83-47)87-28-37-19-11-13-21-39(37)69(73)74)82-56(44(48)58)68-33-64-46-50(60-31-62-52(46)68)66(25-4-2)54(72)36-17-9-6-10-18-36;28-17-21-15-5-7-42-48(40,50)46-22-16(8-41-13-47(39,49)45-21)44-27(18(22)29)38-12-36-20-23(32-10-34-25(20)38)30-6-3-1-2-4-14-19-24(33-9-31-14)37(11-35-19)26(17)43-15;;;;;;/h3-22,30-33,41-44,47-48,55-56H,1-2,23-29,34H2;1,3,9-12,15-18,21-22,26-27H,2,4-8,13H2,(H,39,49)(H,40,50)(H,30,32,34);2*1H3;4*1H2/b;3-1+;;;;;;/t41-,42-,43-,44-,47-,48-,55?,56?,85-,86+;15-,16-,17-,18-,21-,22-,26?,27?,47?,48?;;;;;;/m11....../s1. The van der Waals surface area contributed by atoms with Gasteiger partial charge >= 0.3 is 6.80 Å². The lowest BCUT2D eigenvalue weighted by atomic mass is 10.1. The second kappa shape index (κ2) is 49.3. The quantitative estimate of drug-likeness (QED) is 0.0179. The normalized spacial score (nSPS) is 28.2. The van der Waals surface area contributed by atoms with Gasteiger partial charge in [0.05, 0.1) is 79.5 Å². The molecular formula is C83H97F4N23O22P4S8. The fourth-order valence-corrected chi connectivity index (χ4v) is 26.7. The maximum atomic E-state index is 17.8. The number of nitrogens with one attached hydrogen (secondary N) is 1. The summed E-state index contributed by atoms with van der Waals surface area (Å²) in [6.45, 7) is -11.9. The number of benzene rings is 4. The van der Waals surface area contributed by atoms with Gasteiger partial charge in [0, 0.05) is 78.4 Å². The number of carbonyl (C=O) groups is 2. The summed E-state index contributed by atoms with van der Waals surface area (Å²) in [6, 6.07) is 28.1. The number of carbonyl (C=O) groups excluding carboxylic acids is 2. The third kappa shape index (κ3) is 24.3. The van der Waals surface area contributed by atoms with E-state index in [0.717, 1.165) is 12.7 Å². The minimum atomic E-state index is -4.78. The van der Waals surface area contributed by atoms with Gasteiger partial charge in [0.25, 0.3) is 29.8 Å². The Labute approximate surface area is 863 Å². The van der Waals surface area contributed by atoms with Gasteiger partial charge in [-0.25, -0.2) is 81.9 Å². The Morgan fingerprint density at radius 1 is 0.514 bits per heavy atom. The number of para-hydroxylation sites is 2. The van der Waals surface area contributed by atoms with E-state index in [1.807, 2.05) is 12.2 Å². The van der Waals surface area contributed by atoms with E-state index in [1.165, 1.54) is 121 Å². The van der Waals surface area contributed by atoms with Gasteiger partial charge < -0.3 is 90.4 Å². The van der Waals surface area contributed by atoms with Crippen molar-refractivity contribution in [2.24, 2.45) is 0 Å². The molecule has 20 rings (SSSR count). The summed E-state index contributed by atoms with van der Waals surface area (Å²) in [5.41, 5.74) is 2.36. The van der Waals surface area contributed by atoms with Crippen LogP contribution in [0.2, 0.25) is 0 Å². The Bertz CT molecular complexity index is 6430. The van der Waals surface area contributed by atoms with E-state index in [9.17, 15) is 39.3 Å². The summed E-state index contributed by atoms with van der Waals surface area (Å²) in [5.74, 6) is -1.10. The van der Waals surface area contributed by atoms with Crippen LogP contribution in [0.4, 0.5) is 46.4 Å². The average Bonchev–Trinajstić information content (AvgIpc) is 1.56. The third-order valence-corrected chi connectivity index (χ3v) is 33.9. The first-order valence-electron chi connectivity index (χ1n) is 42.6. The summed E-state index contributed by atoms with van der Waals surface area (Å²) >= 11 is 11.5. The molecule has 8 aliphatic heterocycles. The number of hydrogen-bond acceptors (Lipinski definition) is 39. The van der Waals surface area contributed by atoms with Gasteiger partial charge in [-0.2, -0.15) is 54.0 Å². The van der Waals surface area contributed by atoms with Crippen molar-refractivity contribution in [3.05, 3.63) is 245 Å². The van der Waals surface area contributed by atoms with Crippen molar-refractivity contribution in [3.63, 3.8) is 0 Å². The van der Waals surface area contributed by atoms with Crippen LogP contribution in [0.1, 0.15) is 81.7 Å². The van der Waals surface area contributed by atoms with Gasteiger partial charge in [-0.05, 0) is 48.5 Å². The number of rotatable bonds is 18. The molecule has 6 fully saturated rings. The van der Waals surface area contributed by atoms with E-state index in [1.54, 1.807) is 66.7 Å². The molecule has 14 bridgehead atoms. The smallest absolute Gasteiger partial charge is 0.389 e. The number of halogens is 4. The van der Waals surface area contributed by atoms with Crippen molar-refractivity contribution in [2.75, 3.05) is 73.9 Å². The summed E-state index contributed by atoms with van der Waals surface area (Å²) in [4.78, 5) is 120. The molecule has 2 amide bonds. The molecule has 144 heavy (non-hydrogen) atoms. The minimum absolute atomic E-state index is 0. The average molecular weight is 2230 g/mol. The molecule has 0 aliphatic carbocycles. The highest BCUT2D eigenvalue weighted by molar-refractivity contribution is 8.56. The van der Waals surface area contributed by atoms with Crippen molar-refractivity contribution in [2.45, 2.75) is 136 Å². The number of nitro groups is 2. The van der Waals surface area contributed by atoms with Crippen LogP contribution in [0.15, 0.2) is 197 Å². The van der Waals surface area contributed by atoms with Crippen LogP contribution in [0.25, 0.3) is 44.7 Å². The molecule has 45 nitrogen and oxygen atoms in total. The topological polar surface area (TPSA) is 571 Å². The van der Waals surface area contributed by atoms with Crippen molar-refractivity contribution < 1.29 is 111 Å². The molecule has 8 aliphatic rings. The molecule has 20 atom stereocenters. The van der Waals surface area contributed by atoms with E-state index in [4.69, 9.17) is 79.6 Å². The van der Waals surface area contributed by atoms with Gasteiger partial charge in [-0.15, -0.1) is 13.2 Å². The number of ether oxygens (including phenoxy) is 6. The van der Waals surface area contributed by atoms with E-state index in [-0.39, 0.29) is 166 Å². The number of aryl methyl sites for hydroxylation is 1. The minimum Gasteiger partial charge on any atom is -0.780 e. The van der Waals surface area contributed by atoms with Crippen LogP contribution in [0, 0.1) is 20.2 Å². The Hall–Kier alpha value is -9.25. The molecule has 772 valence electrons. The van der Waals surface area contributed by atoms with Gasteiger partial charge in [0.2, 0.25) is 0 Å². The number of nitro benzene ring substituents is 2. The Balaban J connectivity index is 0.000000281. The van der Waals surface area contributed by atoms with Crippen LogP contribution in [-0.2, 0) is 111 Å². The van der Waals surface area contributed by atoms with E-state index in [0.29, 0.717) is 81.5 Å². The summed E-state index contributed by atoms with van der Waals surface area (Å²) < 4.78 is 190. The summed E-state index contributed by atoms with van der Waals surface area (Å²) in [6.07, 6.45) is -10.4. The number of aromatic nitrogens is 16. The number of fused-ring (bicyclic) bond motifs is 16. The Morgan fingerprint density at radius 3 is 1.42 bits per heavy atom. The highest BCUT2D eigenvalue weighted by Gasteiger charge is 2.56. The number of quaternary nitrogens is 2. The summed E-state index contributed by atoms with van der Waals surface area (Å²) in [5, 5.41) is 27.5. The largest absolute Gasteiger partial charge is 0.780 e. The predicted molar refractivity (Wildman–Crippen MR) is 548 cm³/mol. The molecule has 6 unspecified atom stereocenters. The fraction of sp³-hybridized carbons (Fsp3) is 0.373. The number of alkyl halides is 4. The maximum absolute atomic E-state index is 17.8. The molecule has 0 radical (unpaired) electrons. The first kappa shape index (κ1) is 113. The lowest BCUT2D eigenvalue weighted by Crippen LogP contribution is -2.36. The highest BCUT2D eigenvalue weighted by Crippen LogP contribution is 2.67. The monoisotopic (exact) mass is 2220 g/mol. The molecule has 8 aromatic heterocycles. The van der Waals surface area contributed by atoms with Crippen molar-refractivity contribution in [1.29, 1.82) is 0 Å². The number of amides is 2. The summed E-state index contributed by atoms with van der Waals surface area (Å²) in [7, 11) is 0. The Morgan fingerprint density at radius 2 is 0.924 bits per heavy atom. The molecule has 12 aromatic rings. The third-order valence-electron chi connectivity index (χ3n) is 23.0. The van der Waals surface area contributed by atoms with Gasteiger partial charge in [-0.3, -0.25) is 67.0 Å². The second-order valence-corrected chi connectivity index (χ2v) is 46.5. The lowest BCUT2D eigenvalue weighted by molar-refractivity contribution is -0.385. The van der Waals surface area contributed by atoms with Gasteiger partial charge in [0.1, 0.15) is 93.4 Å². The van der Waals surface area contributed by atoms with Crippen LogP contribution in [-0.4, -0.2) is 232 Å². The molecule has 9 N–H and O–H groups in total. The zero-order chi connectivity index (χ0) is 96.3. The van der Waals surface area contributed by atoms with Crippen LogP contribution in [0.5, 0.6) is 0 Å². The number of anilines is 3. The highest BCUT2D eigenvalue weighted by atomic mass is 32.7. The molecule has 16 heterocycles. The fourth-order valence-electron chi connectivity index (χ4n) is 16.6. The van der Waals surface area contributed by atoms with Crippen molar-refractivity contribution in [1.82, 2.24) is 90.4 Å². The maximum Gasteiger partial charge on any atom is 0.389 e. The van der Waals surface area contributed by atoms with Crippen LogP contribution >= 0.6 is 103 Å². The lowest BCUT2D eigenvalue weighted by Gasteiger charge is -2.35. The van der Waals surface area contributed by atoms with E-state index in [2.05, 4.69) is 78.3 Å². The molecule has 4 aromatic carbocycles. The number of allylic oxidation sites excluding steroid dienone is 1. The number of imidazole rings is 4. The predicted octanol–water partition coefficient (Wildman–Crippen LogP) is 14.7.